The monoisotopic (exact) mass is 516 g/mol. The van der Waals surface area contributed by atoms with Crippen LogP contribution in [0.25, 0.3) is 0 Å². The molecule has 2 atom stereocenters. The van der Waals surface area contributed by atoms with Crippen molar-refractivity contribution < 1.29 is 27.9 Å². The fourth-order valence-corrected chi connectivity index (χ4v) is 5.18. The molecule has 3 aliphatic heterocycles. The third kappa shape index (κ3) is 6.30. The lowest BCUT2D eigenvalue weighted by molar-refractivity contribution is -0.192. The maximum Gasteiger partial charge on any atom is 0.490 e. The van der Waals surface area contributed by atoms with Gasteiger partial charge in [-0.15, -0.1) is 0 Å². The van der Waals surface area contributed by atoms with Crippen molar-refractivity contribution in [1.29, 1.82) is 0 Å². The van der Waals surface area contributed by atoms with Gasteiger partial charge in [0.1, 0.15) is 0 Å². The van der Waals surface area contributed by atoms with E-state index in [-0.39, 0.29) is 5.91 Å². The number of alkyl halides is 3. The Bertz CT molecular complexity index is 1200. The molecule has 7 nitrogen and oxygen atoms in total. The molecular weight excluding hydrogens is 485 g/mol. The Balaban J connectivity index is 0.000000405. The lowest BCUT2D eigenvalue weighted by Crippen LogP contribution is -2.39. The normalized spacial score (nSPS) is 20.9. The zero-order valence-corrected chi connectivity index (χ0v) is 20.9. The van der Waals surface area contributed by atoms with Crippen molar-refractivity contribution in [3.8, 4) is 0 Å². The second kappa shape index (κ2) is 10.9. The molecule has 2 saturated heterocycles. The van der Waals surface area contributed by atoms with Crippen molar-refractivity contribution in [2.24, 2.45) is 4.99 Å². The number of amides is 1. The van der Waals surface area contributed by atoms with Crippen LogP contribution in [0.1, 0.15) is 47.7 Å². The lowest BCUT2D eigenvalue weighted by atomic mass is 10.1. The van der Waals surface area contributed by atoms with Crippen molar-refractivity contribution in [3.05, 3.63) is 53.1 Å². The Morgan fingerprint density at radius 3 is 2.51 bits per heavy atom. The van der Waals surface area contributed by atoms with Gasteiger partial charge in [0.05, 0.1) is 5.69 Å². The summed E-state index contributed by atoms with van der Waals surface area (Å²) in [5.74, 6) is -2.82. The number of likely N-dealkylation sites (tertiary alicyclic amines) is 1. The predicted octanol–water partition coefficient (Wildman–Crippen LogP) is 5.20. The number of carbonyl (C=O) groups is 2. The molecule has 3 aliphatic rings. The van der Waals surface area contributed by atoms with E-state index in [1.54, 1.807) is 0 Å². The number of halogens is 3. The van der Waals surface area contributed by atoms with Gasteiger partial charge < -0.3 is 15.3 Å². The summed E-state index contributed by atoms with van der Waals surface area (Å²) in [6.07, 6.45) is 1.52. The molecule has 0 radical (unpaired) electrons. The Morgan fingerprint density at radius 2 is 1.86 bits per heavy atom. The molecule has 2 N–H and O–H groups in total. The second-order valence-corrected chi connectivity index (χ2v) is 9.73. The largest absolute Gasteiger partial charge is 0.490 e. The van der Waals surface area contributed by atoms with E-state index in [0.717, 1.165) is 48.1 Å². The SMILES string of the molecule is Cc1cc(N2CCC(N3CCCC3C)C2)ccc1NC(=O)c1ccc2c(c1)CC=N2.O=C(O)C(F)(F)F. The summed E-state index contributed by atoms with van der Waals surface area (Å²) in [4.78, 5) is 31.2. The Labute approximate surface area is 214 Å². The quantitative estimate of drug-likeness (QED) is 0.584. The summed E-state index contributed by atoms with van der Waals surface area (Å²) < 4.78 is 31.7. The predicted molar refractivity (Wildman–Crippen MR) is 137 cm³/mol. The van der Waals surface area contributed by atoms with Crippen LogP contribution in [0, 0.1) is 6.92 Å². The molecule has 0 aliphatic carbocycles. The van der Waals surface area contributed by atoms with Crippen molar-refractivity contribution >= 4 is 35.2 Å². The average Bonchev–Trinajstić information content (AvgIpc) is 3.60. The Kier molecular flexibility index (Phi) is 7.87. The number of hydrogen-bond donors (Lipinski definition) is 2. The summed E-state index contributed by atoms with van der Waals surface area (Å²) in [5, 5.41) is 10.2. The van der Waals surface area contributed by atoms with Gasteiger partial charge in [-0.3, -0.25) is 14.7 Å². The Hall–Kier alpha value is -3.40. The zero-order chi connectivity index (χ0) is 26.7. The highest BCUT2D eigenvalue weighted by molar-refractivity contribution is 6.05. The van der Waals surface area contributed by atoms with E-state index < -0.39 is 12.1 Å². The number of anilines is 2. The summed E-state index contributed by atoms with van der Waals surface area (Å²) in [6.45, 7) is 7.90. The van der Waals surface area contributed by atoms with Crippen LogP contribution in [-0.2, 0) is 11.2 Å². The molecule has 5 rings (SSSR count). The van der Waals surface area contributed by atoms with Crippen molar-refractivity contribution in [2.75, 3.05) is 29.9 Å². The number of carboxylic acid groups (broad SMARTS) is 1. The molecule has 2 fully saturated rings. The number of rotatable bonds is 4. The van der Waals surface area contributed by atoms with E-state index in [1.807, 2.05) is 30.5 Å². The minimum Gasteiger partial charge on any atom is -0.475 e. The molecule has 2 unspecified atom stereocenters. The summed E-state index contributed by atoms with van der Waals surface area (Å²) in [6, 6.07) is 13.5. The fourth-order valence-electron chi connectivity index (χ4n) is 5.18. The van der Waals surface area contributed by atoms with Gasteiger partial charge in [0.2, 0.25) is 0 Å². The van der Waals surface area contributed by atoms with Crippen molar-refractivity contribution in [2.45, 2.75) is 57.8 Å². The van der Waals surface area contributed by atoms with Crippen molar-refractivity contribution in [3.63, 3.8) is 0 Å². The first-order valence-electron chi connectivity index (χ1n) is 12.4. The van der Waals surface area contributed by atoms with E-state index in [0.29, 0.717) is 11.6 Å². The van der Waals surface area contributed by atoms with Crippen molar-refractivity contribution in [1.82, 2.24) is 4.90 Å². The molecule has 10 heteroatoms. The van der Waals surface area contributed by atoms with Gasteiger partial charge in [-0.25, -0.2) is 4.79 Å². The van der Waals surface area contributed by atoms with E-state index in [1.165, 1.54) is 31.5 Å². The zero-order valence-electron chi connectivity index (χ0n) is 20.9. The molecular formula is C27H31F3N4O3. The molecule has 2 aromatic rings. The molecule has 0 spiro atoms. The standard InChI is InChI=1S/C25H30N4O.C2HF3O2/c1-17-14-21(28-13-10-22(16-28)29-12-3-4-18(29)2)6-8-23(17)27-25(30)20-5-7-24-19(15-20)9-11-26-24;3-2(4,5)1(6)7/h5-8,11,14-15,18,22H,3-4,9-10,12-13,16H2,1-2H3,(H,27,30);(H,6,7). The van der Waals surface area contributed by atoms with Gasteiger partial charge >= 0.3 is 12.1 Å². The first kappa shape index (κ1) is 26.7. The number of nitrogens with zero attached hydrogens (tertiary/aromatic N) is 3. The Morgan fingerprint density at radius 1 is 1.11 bits per heavy atom. The number of hydrogen-bond acceptors (Lipinski definition) is 5. The van der Waals surface area contributed by atoms with Crippen LogP contribution in [0.2, 0.25) is 0 Å². The molecule has 1 amide bonds. The van der Waals surface area contributed by atoms with Gasteiger partial charge in [0.15, 0.2) is 0 Å². The topological polar surface area (TPSA) is 85.2 Å². The van der Waals surface area contributed by atoms with Crippen LogP contribution in [0.3, 0.4) is 0 Å². The van der Waals surface area contributed by atoms with Crippen LogP contribution in [-0.4, -0.2) is 66.0 Å². The fraction of sp³-hybridized carbons (Fsp3) is 0.444. The van der Waals surface area contributed by atoms with Gasteiger partial charge in [-0.2, -0.15) is 13.2 Å². The molecule has 3 heterocycles. The second-order valence-electron chi connectivity index (χ2n) is 9.73. The minimum atomic E-state index is -5.08. The van der Waals surface area contributed by atoms with Crippen LogP contribution >= 0.6 is 0 Å². The molecule has 0 aromatic heterocycles. The maximum absolute atomic E-state index is 12.8. The number of carbonyl (C=O) groups excluding carboxylic acids is 1. The first-order chi connectivity index (χ1) is 17.5. The first-order valence-corrected chi connectivity index (χ1v) is 12.4. The summed E-state index contributed by atoms with van der Waals surface area (Å²) >= 11 is 0. The van der Waals surface area contributed by atoms with E-state index >= 15 is 0 Å². The van der Waals surface area contributed by atoms with Crippen LogP contribution in [0.4, 0.5) is 30.2 Å². The molecule has 0 saturated carbocycles. The smallest absolute Gasteiger partial charge is 0.475 e. The third-order valence-corrected chi connectivity index (χ3v) is 7.19. The number of aryl methyl sites for hydroxylation is 1. The van der Waals surface area contributed by atoms with Gasteiger partial charge in [0.25, 0.3) is 5.91 Å². The average molecular weight is 517 g/mol. The number of benzene rings is 2. The van der Waals surface area contributed by atoms with E-state index in [2.05, 4.69) is 46.1 Å². The number of fused-ring (bicyclic) bond motifs is 1. The van der Waals surface area contributed by atoms with Gasteiger partial charge in [-0.1, -0.05) is 0 Å². The highest BCUT2D eigenvalue weighted by Gasteiger charge is 2.38. The molecule has 198 valence electrons. The molecule has 37 heavy (non-hydrogen) atoms. The highest BCUT2D eigenvalue weighted by atomic mass is 19.4. The maximum atomic E-state index is 12.8. The van der Waals surface area contributed by atoms with Crippen LogP contribution in [0.15, 0.2) is 41.4 Å². The third-order valence-electron chi connectivity index (χ3n) is 7.19. The van der Waals surface area contributed by atoms with Gasteiger partial charge in [-0.05, 0) is 87.2 Å². The molecule has 2 aromatic carbocycles. The number of carboxylic acids is 1. The molecule has 0 bridgehead atoms. The highest BCUT2D eigenvalue weighted by Crippen LogP contribution is 2.31. The minimum absolute atomic E-state index is 0.0650. The number of aliphatic imine (C=N–C) groups is 1. The summed E-state index contributed by atoms with van der Waals surface area (Å²) in [5.41, 5.74) is 6.01. The van der Waals surface area contributed by atoms with Crippen LogP contribution < -0.4 is 10.2 Å². The number of nitrogens with one attached hydrogen (secondary N) is 1. The van der Waals surface area contributed by atoms with E-state index in [4.69, 9.17) is 9.90 Å². The number of aliphatic carboxylic acids is 1. The lowest BCUT2D eigenvalue weighted by Gasteiger charge is -2.28. The summed E-state index contributed by atoms with van der Waals surface area (Å²) in [7, 11) is 0. The van der Waals surface area contributed by atoms with E-state index in [9.17, 15) is 18.0 Å². The van der Waals surface area contributed by atoms with Crippen LogP contribution in [0.5, 0.6) is 0 Å². The van der Waals surface area contributed by atoms with Gasteiger partial charge in [0, 0.05) is 54.7 Å².